The van der Waals surface area contributed by atoms with E-state index in [2.05, 4.69) is 51.5 Å². The number of carbonyl (C=O) groups is 3. The van der Waals surface area contributed by atoms with Gasteiger partial charge >= 0.3 is 0 Å². The number of nitrogens with one attached hydrogen (secondary N) is 2. The number of likely N-dealkylation sites (tertiary alicyclic amines) is 1. The molecular formula is C40H47FN8O3S. The van der Waals surface area contributed by atoms with Crippen molar-refractivity contribution in [3.63, 3.8) is 0 Å². The highest BCUT2D eigenvalue weighted by Crippen LogP contribution is 2.43. The van der Waals surface area contributed by atoms with Gasteiger partial charge in [-0.1, -0.05) is 26.0 Å². The number of imidazole rings is 1. The van der Waals surface area contributed by atoms with Gasteiger partial charge in [0.25, 0.3) is 11.8 Å². The number of aryl methyl sites for hydroxylation is 1. The van der Waals surface area contributed by atoms with Gasteiger partial charge in [0.2, 0.25) is 5.91 Å². The highest BCUT2D eigenvalue weighted by Gasteiger charge is 2.46. The van der Waals surface area contributed by atoms with Crippen LogP contribution in [0.25, 0.3) is 11.1 Å². The van der Waals surface area contributed by atoms with Crippen molar-refractivity contribution in [2.45, 2.75) is 71.5 Å². The molecule has 3 amide bonds. The first-order valence-electron chi connectivity index (χ1n) is 18.9. The highest BCUT2D eigenvalue weighted by molar-refractivity contribution is 7.13. The van der Waals surface area contributed by atoms with Gasteiger partial charge in [0.15, 0.2) is 11.2 Å². The quantitative estimate of drug-likeness (QED) is 0.175. The standard InChI is InChI=1S/C40H47FN8O3S/c1-26(2)5-3-13-42-21-34(50)46-16-11-40(12-17-46)23-48(24-40)29-9-7-27(8-10-29)28-19-30-31(32(41)20-28)22-49(38(30)52)36(37(51)45-39-43-14-18-53-39)35-33-6-4-15-47(33)25-44-35/h7-10,14,18-20,25-26,36,42H,3-6,11-13,15-17,21-24H2,1-2H3,(H,43,45,51). The van der Waals surface area contributed by atoms with E-state index >= 15 is 4.39 Å². The molecule has 2 N–H and O–H groups in total. The van der Waals surface area contributed by atoms with Crippen molar-refractivity contribution in [2.75, 3.05) is 49.5 Å². The molecule has 0 saturated carbocycles. The molecule has 0 radical (unpaired) electrons. The summed E-state index contributed by atoms with van der Waals surface area (Å²) in [6.45, 7) is 10.1. The molecule has 53 heavy (non-hydrogen) atoms. The fourth-order valence-corrected chi connectivity index (χ4v) is 9.00. The van der Waals surface area contributed by atoms with Crippen molar-refractivity contribution in [2.24, 2.45) is 11.3 Å². The third kappa shape index (κ3) is 7.08. The lowest BCUT2D eigenvalue weighted by atomic mass is 9.71. The number of halogens is 1. The number of hydrogen-bond donors (Lipinski definition) is 2. The van der Waals surface area contributed by atoms with Crippen LogP contribution in [0.15, 0.2) is 54.3 Å². The molecule has 2 aromatic heterocycles. The van der Waals surface area contributed by atoms with E-state index in [1.54, 1.807) is 24.0 Å². The number of anilines is 2. The van der Waals surface area contributed by atoms with E-state index in [4.69, 9.17) is 0 Å². The van der Waals surface area contributed by atoms with E-state index in [0.29, 0.717) is 28.9 Å². The Labute approximate surface area is 313 Å². The molecular weight excluding hydrogens is 692 g/mol. The zero-order valence-corrected chi connectivity index (χ0v) is 31.3. The van der Waals surface area contributed by atoms with Gasteiger partial charge in [0.1, 0.15) is 5.82 Å². The van der Waals surface area contributed by atoms with Gasteiger partial charge < -0.3 is 24.6 Å². The molecule has 0 bridgehead atoms. The molecule has 1 atom stereocenters. The fourth-order valence-electron chi connectivity index (χ4n) is 8.47. The number of hydrogen-bond acceptors (Lipinski definition) is 8. The molecule has 2 fully saturated rings. The van der Waals surface area contributed by atoms with Gasteiger partial charge in [-0.05, 0) is 86.4 Å². The summed E-state index contributed by atoms with van der Waals surface area (Å²) in [5, 5.41) is 8.37. The predicted octanol–water partition coefficient (Wildman–Crippen LogP) is 5.88. The van der Waals surface area contributed by atoms with Crippen LogP contribution in [0.1, 0.15) is 79.3 Å². The zero-order chi connectivity index (χ0) is 36.7. The zero-order valence-electron chi connectivity index (χ0n) is 30.4. The Hall–Kier alpha value is -4.62. The second kappa shape index (κ2) is 14.7. The fraction of sp³-hybridized carbons (Fsp3) is 0.475. The molecule has 1 unspecified atom stereocenters. The minimum atomic E-state index is -1.02. The van der Waals surface area contributed by atoms with Crippen molar-refractivity contribution in [1.82, 2.24) is 29.7 Å². The number of thiazole rings is 1. The Morgan fingerprint density at radius 3 is 2.57 bits per heavy atom. The van der Waals surface area contributed by atoms with E-state index in [1.165, 1.54) is 28.7 Å². The number of piperidine rings is 1. The number of amides is 3. The third-order valence-corrected chi connectivity index (χ3v) is 12.2. The summed E-state index contributed by atoms with van der Waals surface area (Å²) in [4.78, 5) is 55.2. The molecule has 8 rings (SSSR count). The Morgan fingerprint density at radius 2 is 1.83 bits per heavy atom. The number of benzene rings is 2. The average molecular weight is 739 g/mol. The first-order valence-corrected chi connectivity index (χ1v) is 19.8. The van der Waals surface area contributed by atoms with Gasteiger partial charge in [0.05, 0.1) is 25.1 Å². The first-order chi connectivity index (χ1) is 25.7. The molecule has 1 spiro atoms. The summed E-state index contributed by atoms with van der Waals surface area (Å²) in [7, 11) is 0. The van der Waals surface area contributed by atoms with Crippen molar-refractivity contribution in [3.8, 4) is 11.1 Å². The van der Waals surface area contributed by atoms with Gasteiger partial charge in [-0.2, -0.15) is 0 Å². The van der Waals surface area contributed by atoms with Crippen LogP contribution in [0.3, 0.4) is 0 Å². The molecule has 4 aromatic rings. The molecule has 11 nitrogen and oxygen atoms in total. The predicted molar refractivity (Wildman–Crippen MR) is 203 cm³/mol. The number of fused-ring (bicyclic) bond motifs is 2. The van der Waals surface area contributed by atoms with Crippen LogP contribution in [-0.2, 0) is 29.1 Å². The summed E-state index contributed by atoms with van der Waals surface area (Å²) in [6.07, 6.45) is 9.31. The summed E-state index contributed by atoms with van der Waals surface area (Å²) >= 11 is 1.29. The van der Waals surface area contributed by atoms with E-state index in [1.807, 2.05) is 21.6 Å². The highest BCUT2D eigenvalue weighted by atomic mass is 32.1. The second-order valence-corrected chi connectivity index (χ2v) is 16.4. The molecule has 6 heterocycles. The summed E-state index contributed by atoms with van der Waals surface area (Å²) in [6, 6.07) is 10.3. The summed E-state index contributed by atoms with van der Waals surface area (Å²) < 4.78 is 17.9. The van der Waals surface area contributed by atoms with Crippen molar-refractivity contribution < 1.29 is 18.8 Å². The lowest BCUT2D eigenvalue weighted by Gasteiger charge is -2.55. The number of aromatic nitrogens is 3. The second-order valence-electron chi connectivity index (χ2n) is 15.5. The Kier molecular flexibility index (Phi) is 9.80. The molecule has 13 heteroatoms. The SMILES string of the molecule is CC(C)CCCNCC(=O)N1CCC2(CC1)CN(c1ccc(-c3cc(F)c4c(c3)C(=O)N(C(C(=O)Nc3nccs3)c3ncn5c3CCC5)C4)cc1)C2. The minimum absolute atomic E-state index is 0.0283. The molecule has 0 aliphatic carbocycles. The third-order valence-electron chi connectivity index (χ3n) is 11.5. The smallest absolute Gasteiger partial charge is 0.255 e. The monoisotopic (exact) mass is 738 g/mol. The normalized spacial score (nSPS) is 18.0. The Balaban J connectivity index is 0.909. The number of nitrogens with zero attached hydrogens (tertiary/aromatic N) is 6. The Morgan fingerprint density at radius 1 is 1.04 bits per heavy atom. The van der Waals surface area contributed by atoms with Crippen LogP contribution in [-0.4, -0.2) is 81.3 Å². The summed E-state index contributed by atoms with van der Waals surface area (Å²) in [5.41, 5.74) is 4.78. The van der Waals surface area contributed by atoms with E-state index < -0.39 is 23.7 Å². The van der Waals surface area contributed by atoms with Crippen LogP contribution in [0, 0.1) is 17.2 Å². The van der Waals surface area contributed by atoms with Crippen LogP contribution < -0.4 is 15.5 Å². The molecule has 2 aromatic carbocycles. The topological polar surface area (TPSA) is 116 Å². The van der Waals surface area contributed by atoms with E-state index in [0.717, 1.165) is 88.3 Å². The van der Waals surface area contributed by atoms with Crippen molar-refractivity contribution >= 4 is 39.9 Å². The Bertz CT molecular complexity index is 1980. The van der Waals surface area contributed by atoms with Gasteiger partial charge in [-0.15, -0.1) is 11.3 Å². The van der Waals surface area contributed by atoms with Crippen LogP contribution in [0.4, 0.5) is 15.2 Å². The van der Waals surface area contributed by atoms with Gasteiger partial charge in [-0.3, -0.25) is 19.7 Å². The molecule has 278 valence electrons. The maximum atomic E-state index is 15.8. The number of rotatable bonds is 12. The largest absolute Gasteiger partial charge is 0.370 e. The van der Waals surface area contributed by atoms with Gasteiger partial charge in [-0.25, -0.2) is 14.4 Å². The van der Waals surface area contributed by atoms with Crippen molar-refractivity contribution in [3.05, 3.63) is 82.6 Å². The van der Waals surface area contributed by atoms with Crippen molar-refractivity contribution in [1.29, 1.82) is 0 Å². The molecule has 2 saturated heterocycles. The van der Waals surface area contributed by atoms with Crippen LogP contribution in [0.5, 0.6) is 0 Å². The molecule has 4 aliphatic rings. The van der Waals surface area contributed by atoms with Gasteiger partial charge in [0, 0.05) is 72.2 Å². The molecule has 4 aliphatic heterocycles. The van der Waals surface area contributed by atoms with Crippen LogP contribution >= 0.6 is 11.3 Å². The lowest BCUT2D eigenvalue weighted by molar-refractivity contribution is -0.132. The lowest BCUT2D eigenvalue weighted by Crippen LogP contribution is -2.61. The maximum absolute atomic E-state index is 15.8. The van der Waals surface area contributed by atoms with E-state index in [9.17, 15) is 14.4 Å². The van der Waals surface area contributed by atoms with E-state index in [-0.39, 0.29) is 29.0 Å². The summed E-state index contributed by atoms with van der Waals surface area (Å²) in [5.74, 6) is -0.397. The first kappa shape index (κ1) is 35.4. The maximum Gasteiger partial charge on any atom is 0.255 e. The average Bonchev–Trinajstić information content (AvgIpc) is 3.95. The minimum Gasteiger partial charge on any atom is -0.370 e. The van der Waals surface area contributed by atoms with Crippen LogP contribution in [0.2, 0.25) is 0 Å². The number of carbonyl (C=O) groups excluding carboxylic acids is 3.